The summed E-state index contributed by atoms with van der Waals surface area (Å²) in [6, 6.07) is 0. The van der Waals surface area contributed by atoms with Crippen LogP contribution >= 0.6 is 0 Å². The third kappa shape index (κ3) is 3.30. The van der Waals surface area contributed by atoms with Gasteiger partial charge in [-0.3, -0.25) is 4.98 Å². The van der Waals surface area contributed by atoms with Gasteiger partial charge < -0.3 is 10.2 Å². The molecule has 5 fully saturated rings. The molecule has 0 atom stereocenters. The van der Waals surface area contributed by atoms with Crippen molar-refractivity contribution in [2.75, 3.05) is 18.0 Å². The Morgan fingerprint density at radius 2 is 1.52 bits per heavy atom. The molecule has 136 valence electrons. The first kappa shape index (κ1) is 16.0. The molecule has 1 aromatic rings. The Kier molecular flexibility index (Phi) is 4.19. The van der Waals surface area contributed by atoms with Crippen molar-refractivity contribution in [1.82, 2.24) is 15.3 Å². The molecule has 0 amide bonds. The van der Waals surface area contributed by atoms with Gasteiger partial charge in [0.05, 0.1) is 18.1 Å². The Labute approximate surface area is 151 Å². The Bertz CT molecular complexity index is 553. The normalized spacial score (nSPS) is 37.3. The smallest absolute Gasteiger partial charge is 0.147 e. The first-order valence-corrected chi connectivity index (χ1v) is 10.6. The lowest BCUT2D eigenvalue weighted by molar-refractivity contribution is -0.0207. The van der Waals surface area contributed by atoms with Crippen molar-refractivity contribution < 1.29 is 0 Å². The molecule has 0 radical (unpaired) electrons. The zero-order valence-corrected chi connectivity index (χ0v) is 15.4. The highest BCUT2D eigenvalue weighted by molar-refractivity contribution is 5.35. The monoisotopic (exact) mass is 340 g/mol. The molecule has 0 unspecified atom stereocenters. The Hall–Kier alpha value is -1.16. The van der Waals surface area contributed by atoms with E-state index in [1.165, 1.54) is 64.2 Å². The highest BCUT2D eigenvalue weighted by Gasteiger charge is 2.50. The number of anilines is 1. The van der Waals surface area contributed by atoms with Crippen molar-refractivity contribution in [3.05, 3.63) is 18.1 Å². The second-order valence-electron chi connectivity index (χ2n) is 9.32. The van der Waals surface area contributed by atoms with Gasteiger partial charge in [-0.25, -0.2) is 4.98 Å². The molecule has 25 heavy (non-hydrogen) atoms. The van der Waals surface area contributed by atoms with Crippen LogP contribution in [0.5, 0.6) is 0 Å². The SMILES string of the molecule is c1nc(N2CCCCCC2)cnc1CNC12CC3CC(CC(C3)C1)C2. The summed E-state index contributed by atoms with van der Waals surface area (Å²) in [5, 5.41) is 3.94. The summed E-state index contributed by atoms with van der Waals surface area (Å²) in [6.45, 7) is 3.17. The third-order valence-electron chi connectivity index (χ3n) is 7.30. The van der Waals surface area contributed by atoms with E-state index in [1.54, 1.807) is 0 Å². The quantitative estimate of drug-likeness (QED) is 0.902. The molecule has 0 aromatic carbocycles. The van der Waals surface area contributed by atoms with Crippen molar-refractivity contribution in [1.29, 1.82) is 0 Å². The van der Waals surface area contributed by atoms with Crippen LogP contribution in [0, 0.1) is 17.8 Å². The lowest BCUT2D eigenvalue weighted by Gasteiger charge is -2.57. The minimum atomic E-state index is 0.417. The fourth-order valence-electron chi connectivity index (χ4n) is 6.51. The summed E-state index contributed by atoms with van der Waals surface area (Å²) in [7, 11) is 0. The molecule has 4 saturated carbocycles. The van der Waals surface area contributed by atoms with Crippen molar-refractivity contribution >= 4 is 5.82 Å². The molecule has 1 aromatic heterocycles. The summed E-state index contributed by atoms with van der Waals surface area (Å²) >= 11 is 0. The number of hydrogen-bond donors (Lipinski definition) is 1. The van der Waals surface area contributed by atoms with E-state index in [1.807, 2.05) is 12.4 Å². The molecule has 4 bridgehead atoms. The highest BCUT2D eigenvalue weighted by Crippen LogP contribution is 2.55. The van der Waals surface area contributed by atoms with Gasteiger partial charge in [-0.15, -0.1) is 0 Å². The molecule has 5 aliphatic rings. The second kappa shape index (κ2) is 6.53. The van der Waals surface area contributed by atoms with E-state index in [0.29, 0.717) is 5.54 Å². The topological polar surface area (TPSA) is 41.1 Å². The largest absolute Gasteiger partial charge is 0.355 e. The van der Waals surface area contributed by atoms with Crippen LogP contribution in [0.1, 0.15) is 69.9 Å². The van der Waals surface area contributed by atoms with Crippen LogP contribution in [0.15, 0.2) is 12.4 Å². The summed E-state index contributed by atoms with van der Waals surface area (Å²) < 4.78 is 0. The van der Waals surface area contributed by atoms with Crippen molar-refractivity contribution in [3.63, 3.8) is 0 Å². The summed E-state index contributed by atoms with van der Waals surface area (Å²) in [6.07, 6.45) is 18.0. The number of hydrogen-bond acceptors (Lipinski definition) is 4. The lowest BCUT2D eigenvalue weighted by atomic mass is 9.53. The van der Waals surface area contributed by atoms with Crippen LogP contribution in [0.2, 0.25) is 0 Å². The van der Waals surface area contributed by atoms with Gasteiger partial charge in [0.2, 0.25) is 0 Å². The lowest BCUT2D eigenvalue weighted by Crippen LogP contribution is -2.58. The van der Waals surface area contributed by atoms with Gasteiger partial charge in [0.1, 0.15) is 5.82 Å². The van der Waals surface area contributed by atoms with Crippen LogP contribution in [0.3, 0.4) is 0 Å². The van der Waals surface area contributed by atoms with Crippen LogP contribution in [0.25, 0.3) is 0 Å². The van der Waals surface area contributed by atoms with E-state index in [4.69, 9.17) is 9.97 Å². The van der Waals surface area contributed by atoms with Crippen molar-refractivity contribution in [3.8, 4) is 0 Å². The molecule has 0 spiro atoms. The average molecular weight is 341 g/mol. The van der Waals surface area contributed by atoms with Crippen LogP contribution < -0.4 is 10.2 Å². The fraction of sp³-hybridized carbons (Fsp3) is 0.810. The van der Waals surface area contributed by atoms with Gasteiger partial charge in [0, 0.05) is 25.2 Å². The van der Waals surface area contributed by atoms with Gasteiger partial charge in [0.25, 0.3) is 0 Å². The molecule has 4 heteroatoms. The van der Waals surface area contributed by atoms with E-state index in [9.17, 15) is 0 Å². The average Bonchev–Trinajstić information content (AvgIpc) is 2.89. The van der Waals surface area contributed by atoms with Crippen LogP contribution in [0.4, 0.5) is 5.82 Å². The van der Waals surface area contributed by atoms with E-state index >= 15 is 0 Å². The van der Waals surface area contributed by atoms with Gasteiger partial charge in [0.15, 0.2) is 0 Å². The number of aromatic nitrogens is 2. The molecule has 1 N–H and O–H groups in total. The minimum absolute atomic E-state index is 0.417. The maximum Gasteiger partial charge on any atom is 0.147 e. The maximum atomic E-state index is 4.73. The molecule has 6 rings (SSSR count). The minimum Gasteiger partial charge on any atom is -0.355 e. The van der Waals surface area contributed by atoms with Gasteiger partial charge >= 0.3 is 0 Å². The molecular weight excluding hydrogens is 308 g/mol. The van der Waals surface area contributed by atoms with E-state index in [0.717, 1.165) is 48.9 Å². The number of nitrogens with one attached hydrogen (secondary N) is 1. The first-order chi connectivity index (χ1) is 12.3. The Morgan fingerprint density at radius 3 is 2.08 bits per heavy atom. The Morgan fingerprint density at radius 1 is 0.880 bits per heavy atom. The van der Waals surface area contributed by atoms with Gasteiger partial charge in [-0.1, -0.05) is 12.8 Å². The van der Waals surface area contributed by atoms with Crippen molar-refractivity contribution in [2.24, 2.45) is 17.8 Å². The summed E-state index contributed by atoms with van der Waals surface area (Å²) in [5.41, 5.74) is 1.52. The standard InChI is InChI=1S/C21H32N4/c1-2-4-6-25(5-3-1)20-15-22-19(13-23-20)14-24-21-10-16-7-17(11-21)9-18(8-16)12-21/h13,15-18,24H,1-12,14H2. The third-order valence-corrected chi connectivity index (χ3v) is 7.30. The van der Waals surface area contributed by atoms with E-state index in [-0.39, 0.29) is 0 Å². The summed E-state index contributed by atoms with van der Waals surface area (Å²) in [5.74, 6) is 4.06. The first-order valence-electron chi connectivity index (χ1n) is 10.6. The number of rotatable bonds is 4. The molecule has 4 aliphatic carbocycles. The van der Waals surface area contributed by atoms with E-state index < -0.39 is 0 Å². The van der Waals surface area contributed by atoms with Gasteiger partial charge in [-0.2, -0.15) is 0 Å². The fourth-order valence-corrected chi connectivity index (χ4v) is 6.51. The van der Waals surface area contributed by atoms with Crippen LogP contribution in [-0.2, 0) is 6.54 Å². The van der Waals surface area contributed by atoms with Crippen LogP contribution in [-0.4, -0.2) is 28.6 Å². The molecule has 4 nitrogen and oxygen atoms in total. The predicted molar refractivity (Wildman–Crippen MR) is 100 cm³/mol. The zero-order valence-electron chi connectivity index (χ0n) is 15.4. The molecule has 1 aliphatic heterocycles. The number of nitrogens with zero attached hydrogens (tertiary/aromatic N) is 3. The molecule has 1 saturated heterocycles. The zero-order chi connectivity index (χ0) is 16.7. The highest BCUT2D eigenvalue weighted by atomic mass is 15.2. The van der Waals surface area contributed by atoms with E-state index in [2.05, 4.69) is 10.2 Å². The molecule has 2 heterocycles. The second-order valence-corrected chi connectivity index (χ2v) is 9.32. The van der Waals surface area contributed by atoms with Gasteiger partial charge in [-0.05, 0) is 69.1 Å². The predicted octanol–water partition coefficient (Wildman–Crippen LogP) is 3.92. The Balaban J connectivity index is 1.21. The summed E-state index contributed by atoms with van der Waals surface area (Å²) in [4.78, 5) is 11.9. The maximum absolute atomic E-state index is 4.73. The molecular formula is C21H32N4. The van der Waals surface area contributed by atoms with Crippen molar-refractivity contribution in [2.45, 2.75) is 76.3 Å².